The van der Waals surface area contributed by atoms with Gasteiger partial charge in [0.15, 0.2) is 0 Å². The Morgan fingerprint density at radius 2 is 1.96 bits per heavy atom. The second-order valence-corrected chi connectivity index (χ2v) is 5.91. The van der Waals surface area contributed by atoms with Crippen molar-refractivity contribution in [2.24, 2.45) is 0 Å². The number of nitro groups is 1. The molecule has 3 aromatic rings. The molecule has 6 nitrogen and oxygen atoms in total. The van der Waals surface area contributed by atoms with Crippen LogP contribution >= 0.6 is 0 Å². The molecule has 1 heterocycles. The van der Waals surface area contributed by atoms with Crippen LogP contribution in [0.3, 0.4) is 0 Å². The monoisotopic (exact) mass is 337 g/mol. The van der Waals surface area contributed by atoms with Crippen LogP contribution in [0.2, 0.25) is 0 Å². The summed E-state index contributed by atoms with van der Waals surface area (Å²) in [5.74, 6) is -0.409. The summed E-state index contributed by atoms with van der Waals surface area (Å²) >= 11 is 0. The highest BCUT2D eigenvalue weighted by atomic mass is 16.6. The number of nitrogens with zero attached hydrogens (tertiary/aromatic N) is 2. The number of aromatic nitrogens is 1. The largest absolute Gasteiger partial charge is 0.352 e. The summed E-state index contributed by atoms with van der Waals surface area (Å²) in [6.07, 6.45) is 2.77. The van der Waals surface area contributed by atoms with Crippen LogP contribution in [-0.2, 0) is 6.54 Å². The third kappa shape index (κ3) is 3.52. The maximum absolute atomic E-state index is 12.3. The highest BCUT2D eigenvalue weighted by Crippen LogP contribution is 2.22. The van der Waals surface area contributed by atoms with Crippen LogP contribution in [0.4, 0.5) is 5.69 Å². The molecule has 1 N–H and O–H groups in total. The third-order valence-corrected chi connectivity index (χ3v) is 4.21. The van der Waals surface area contributed by atoms with Gasteiger partial charge in [-0.2, -0.15) is 0 Å². The smallest absolute Gasteiger partial charge is 0.285 e. The van der Waals surface area contributed by atoms with Crippen molar-refractivity contribution in [3.63, 3.8) is 0 Å². The lowest BCUT2D eigenvalue weighted by molar-refractivity contribution is -0.385. The average molecular weight is 337 g/mol. The molecule has 0 unspecified atom stereocenters. The molecule has 0 aliphatic rings. The summed E-state index contributed by atoms with van der Waals surface area (Å²) in [6.45, 7) is 2.85. The normalized spacial score (nSPS) is 10.8. The zero-order valence-corrected chi connectivity index (χ0v) is 13.9. The molecule has 1 aromatic heterocycles. The van der Waals surface area contributed by atoms with Crippen LogP contribution in [0, 0.1) is 17.0 Å². The lowest BCUT2D eigenvalue weighted by atomic mass is 10.1. The molecule has 0 aliphatic carbocycles. The van der Waals surface area contributed by atoms with E-state index in [9.17, 15) is 14.9 Å². The van der Waals surface area contributed by atoms with Gasteiger partial charge in [0.1, 0.15) is 5.56 Å². The van der Waals surface area contributed by atoms with Crippen LogP contribution in [0.25, 0.3) is 10.9 Å². The molecule has 128 valence electrons. The fourth-order valence-electron chi connectivity index (χ4n) is 2.97. The van der Waals surface area contributed by atoms with Gasteiger partial charge in [0.05, 0.1) is 4.92 Å². The van der Waals surface area contributed by atoms with Crippen molar-refractivity contribution in [1.29, 1.82) is 0 Å². The number of carbonyl (C=O) groups is 1. The molecule has 0 radical (unpaired) electrons. The Hall–Kier alpha value is -3.15. The van der Waals surface area contributed by atoms with Gasteiger partial charge in [-0.05, 0) is 36.9 Å². The number of nitro benzene ring substituents is 1. The Morgan fingerprint density at radius 1 is 1.16 bits per heavy atom. The molecule has 0 aliphatic heterocycles. The van der Waals surface area contributed by atoms with Crippen molar-refractivity contribution in [2.75, 3.05) is 6.54 Å². The summed E-state index contributed by atoms with van der Waals surface area (Å²) < 4.78 is 2.14. The highest BCUT2D eigenvalue weighted by molar-refractivity contribution is 5.98. The van der Waals surface area contributed by atoms with E-state index in [1.54, 1.807) is 19.1 Å². The van der Waals surface area contributed by atoms with Gasteiger partial charge in [0.25, 0.3) is 11.6 Å². The van der Waals surface area contributed by atoms with E-state index in [1.807, 2.05) is 18.3 Å². The highest BCUT2D eigenvalue weighted by Gasteiger charge is 2.21. The molecule has 3 rings (SSSR count). The van der Waals surface area contributed by atoms with Gasteiger partial charge in [-0.3, -0.25) is 14.9 Å². The van der Waals surface area contributed by atoms with Gasteiger partial charge in [0, 0.05) is 30.4 Å². The maximum Gasteiger partial charge on any atom is 0.285 e. The molecule has 0 saturated carbocycles. The van der Waals surface area contributed by atoms with Gasteiger partial charge in [-0.1, -0.05) is 30.3 Å². The lowest BCUT2D eigenvalue weighted by Gasteiger charge is -2.08. The minimum absolute atomic E-state index is 0.108. The Kier molecular flexibility index (Phi) is 4.79. The molecule has 25 heavy (non-hydrogen) atoms. The quantitative estimate of drug-likeness (QED) is 0.423. The van der Waals surface area contributed by atoms with Crippen LogP contribution in [0.15, 0.2) is 54.7 Å². The molecule has 1 amide bonds. The van der Waals surface area contributed by atoms with E-state index in [4.69, 9.17) is 0 Å². The predicted molar refractivity (Wildman–Crippen MR) is 96.7 cm³/mol. The second kappa shape index (κ2) is 7.17. The van der Waals surface area contributed by atoms with E-state index in [1.165, 1.54) is 11.5 Å². The Morgan fingerprint density at radius 3 is 2.76 bits per heavy atom. The van der Waals surface area contributed by atoms with Crippen LogP contribution in [-0.4, -0.2) is 21.9 Å². The summed E-state index contributed by atoms with van der Waals surface area (Å²) in [6, 6.07) is 15.0. The van der Waals surface area contributed by atoms with Crippen molar-refractivity contribution in [2.45, 2.75) is 19.9 Å². The standard InChI is InChI=1S/C19H19N3O3/c1-14-6-4-8-16(18(14)22(24)25)19(23)20-11-5-12-21-13-10-15-7-2-3-9-17(15)21/h2-4,6-10,13H,5,11-12H2,1H3,(H,20,23). The number of para-hydroxylation sites is 2. The van der Waals surface area contributed by atoms with Gasteiger partial charge in [-0.15, -0.1) is 0 Å². The maximum atomic E-state index is 12.3. The Balaban J connectivity index is 1.60. The molecule has 2 aromatic carbocycles. The number of hydrogen-bond acceptors (Lipinski definition) is 3. The first kappa shape index (κ1) is 16.7. The zero-order chi connectivity index (χ0) is 17.8. The van der Waals surface area contributed by atoms with Crippen molar-refractivity contribution in [3.8, 4) is 0 Å². The van der Waals surface area contributed by atoms with E-state index in [0.717, 1.165) is 18.5 Å². The summed E-state index contributed by atoms with van der Waals surface area (Å²) in [5.41, 5.74) is 1.62. The third-order valence-electron chi connectivity index (χ3n) is 4.21. The summed E-state index contributed by atoms with van der Waals surface area (Å²) in [7, 11) is 0. The second-order valence-electron chi connectivity index (χ2n) is 5.91. The number of aryl methyl sites for hydroxylation is 2. The van der Waals surface area contributed by atoms with Crippen molar-refractivity contribution >= 4 is 22.5 Å². The molecule has 0 atom stereocenters. The van der Waals surface area contributed by atoms with Gasteiger partial charge >= 0.3 is 0 Å². The van der Waals surface area contributed by atoms with Crippen LogP contribution in [0.5, 0.6) is 0 Å². The predicted octanol–water partition coefficient (Wildman–Crippen LogP) is 3.68. The van der Waals surface area contributed by atoms with E-state index >= 15 is 0 Å². The van der Waals surface area contributed by atoms with Gasteiger partial charge in [-0.25, -0.2) is 0 Å². The van der Waals surface area contributed by atoms with E-state index < -0.39 is 10.8 Å². The molecule has 0 bridgehead atoms. The number of benzene rings is 2. The van der Waals surface area contributed by atoms with Gasteiger partial charge in [0.2, 0.25) is 0 Å². The molecule has 0 spiro atoms. The fraction of sp³-hybridized carbons (Fsp3) is 0.211. The van der Waals surface area contributed by atoms with E-state index in [0.29, 0.717) is 12.1 Å². The van der Waals surface area contributed by atoms with Crippen molar-refractivity contribution in [3.05, 3.63) is 76.0 Å². The Bertz CT molecular complexity index is 931. The number of carbonyl (C=O) groups excluding carboxylic acids is 1. The Labute approximate surface area is 145 Å². The number of hydrogen-bond donors (Lipinski definition) is 1. The molecular weight excluding hydrogens is 318 g/mol. The average Bonchev–Trinajstić information content (AvgIpc) is 3.01. The molecular formula is C19H19N3O3. The summed E-state index contributed by atoms with van der Waals surface area (Å²) in [5, 5.41) is 15.1. The van der Waals surface area contributed by atoms with Crippen LogP contribution in [0.1, 0.15) is 22.3 Å². The summed E-state index contributed by atoms with van der Waals surface area (Å²) in [4.78, 5) is 22.9. The van der Waals surface area contributed by atoms with Gasteiger partial charge < -0.3 is 9.88 Å². The lowest BCUT2D eigenvalue weighted by Crippen LogP contribution is -2.26. The first-order valence-corrected chi connectivity index (χ1v) is 8.14. The van der Waals surface area contributed by atoms with E-state index in [2.05, 4.69) is 28.1 Å². The van der Waals surface area contributed by atoms with Crippen LogP contribution < -0.4 is 5.32 Å². The van der Waals surface area contributed by atoms with Crippen molar-refractivity contribution in [1.82, 2.24) is 9.88 Å². The topological polar surface area (TPSA) is 77.2 Å². The molecule has 0 fully saturated rings. The van der Waals surface area contributed by atoms with Crippen molar-refractivity contribution < 1.29 is 9.72 Å². The number of fused-ring (bicyclic) bond motifs is 1. The van der Waals surface area contributed by atoms with E-state index in [-0.39, 0.29) is 11.3 Å². The minimum Gasteiger partial charge on any atom is -0.352 e. The zero-order valence-electron chi connectivity index (χ0n) is 13.9. The number of amides is 1. The number of nitrogens with one attached hydrogen (secondary N) is 1. The molecule has 6 heteroatoms. The molecule has 0 saturated heterocycles. The first-order valence-electron chi connectivity index (χ1n) is 8.14. The minimum atomic E-state index is -0.504. The first-order chi connectivity index (χ1) is 12.1. The SMILES string of the molecule is Cc1cccc(C(=O)NCCCn2ccc3ccccc32)c1[N+](=O)[O-]. The number of rotatable bonds is 6. The fourth-order valence-corrected chi connectivity index (χ4v) is 2.97.